The first-order valence-corrected chi connectivity index (χ1v) is 6.40. The summed E-state index contributed by atoms with van der Waals surface area (Å²) in [6, 6.07) is 6.02. The van der Waals surface area contributed by atoms with Crippen LogP contribution >= 0.6 is 0 Å². The summed E-state index contributed by atoms with van der Waals surface area (Å²) in [6.07, 6.45) is 0. The number of ether oxygens (including phenoxy) is 3. The molecule has 0 spiro atoms. The fourth-order valence-electron chi connectivity index (χ4n) is 1.55. The Morgan fingerprint density at radius 3 is 2.56 bits per heavy atom. The van der Waals surface area contributed by atoms with Crippen molar-refractivity contribution in [2.24, 2.45) is 0 Å². The van der Waals surface area contributed by atoms with Crippen molar-refractivity contribution in [1.82, 2.24) is 5.32 Å². The molecule has 1 rings (SSSR count). The van der Waals surface area contributed by atoms with Crippen molar-refractivity contribution < 1.29 is 14.2 Å². The van der Waals surface area contributed by atoms with Gasteiger partial charge in [-0.25, -0.2) is 0 Å². The van der Waals surface area contributed by atoms with Crippen LogP contribution in [0, 0.1) is 0 Å². The Morgan fingerprint density at radius 2 is 1.89 bits per heavy atom. The number of benzene rings is 1. The number of nitrogens with one attached hydrogen (secondary N) is 1. The Balaban J connectivity index is 2.69. The fraction of sp³-hybridized carbons (Fsp3) is 0.571. The largest absolute Gasteiger partial charge is 0.490 e. The molecule has 0 aromatic heterocycles. The zero-order chi connectivity index (χ0) is 13.2. The Labute approximate surface area is 109 Å². The lowest BCUT2D eigenvalue weighted by molar-refractivity contribution is 0.143. The summed E-state index contributed by atoms with van der Waals surface area (Å²) in [4.78, 5) is 0. The van der Waals surface area contributed by atoms with Crippen LogP contribution in [0.25, 0.3) is 0 Å². The van der Waals surface area contributed by atoms with Crippen molar-refractivity contribution in [3.8, 4) is 11.5 Å². The van der Waals surface area contributed by atoms with Crippen molar-refractivity contribution in [3.63, 3.8) is 0 Å². The molecule has 0 heterocycles. The van der Waals surface area contributed by atoms with Crippen LogP contribution in [0.1, 0.15) is 19.4 Å². The molecule has 1 N–H and O–H groups in total. The first-order chi connectivity index (χ1) is 8.81. The number of hydrogen-bond acceptors (Lipinski definition) is 4. The smallest absolute Gasteiger partial charge is 0.161 e. The van der Waals surface area contributed by atoms with Gasteiger partial charge in [-0.1, -0.05) is 13.0 Å². The molecule has 0 amide bonds. The SMILES string of the molecule is CCNCc1ccc(OCCOC)c(OCC)c1. The molecule has 0 aliphatic rings. The molecule has 0 saturated carbocycles. The van der Waals surface area contributed by atoms with Gasteiger partial charge in [0.05, 0.1) is 13.2 Å². The van der Waals surface area contributed by atoms with E-state index in [-0.39, 0.29) is 0 Å². The summed E-state index contributed by atoms with van der Waals surface area (Å²) in [6.45, 7) is 7.59. The van der Waals surface area contributed by atoms with E-state index in [1.54, 1.807) is 7.11 Å². The average molecular weight is 253 g/mol. The summed E-state index contributed by atoms with van der Waals surface area (Å²) in [5.41, 5.74) is 1.19. The molecule has 0 unspecified atom stereocenters. The third-order valence-electron chi connectivity index (χ3n) is 2.43. The Hall–Kier alpha value is -1.26. The summed E-state index contributed by atoms with van der Waals surface area (Å²) in [5, 5.41) is 3.29. The molecule has 4 heteroatoms. The molecule has 4 nitrogen and oxygen atoms in total. The van der Waals surface area contributed by atoms with Crippen LogP contribution in [-0.4, -0.2) is 33.5 Å². The van der Waals surface area contributed by atoms with Gasteiger partial charge in [-0.3, -0.25) is 0 Å². The van der Waals surface area contributed by atoms with Crippen molar-refractivity contribution in [2.45, 2.75) is 20.4 Å². The van der Waals surface area contributed by atoms with Gasteiger partial charge in [0.2, 0.25) is 0 Å². The van der Waals surface area contributed by atoms with Crippen LogP contribution in [0.2, 0.25) is 0 Å². The molecule has 1 aromatic rings. The van der Waals surface area contributed by atoms with E-state index < -0.39 is 0 Å². The minimum Gasteiger partial charge on any atom is -0.490 e. The lowest BCUT2D eigenvalue weighted by Crippen LogP contribution is -2.12. The molecule has 0 atom stereocenters. The highest BCUT2D eigenvalue weighted by molar-refractivity contribution is 5.43. The second-order valence-corrected chi connectivity index (χ2v) is 3.84. The van der Waals surface area contributed by atoms with Crippen LogP contribution in [0.4, 0.5) is 0 Å². The van der Waals surface area contributed by atoms with Crippen LogP contribution in [0.15, 0.2) is 18.2 Å². The van der Waals surface area contributed by atoms with E-state index in [1.807, 2.05) is 25.1 Å². The van der Waals surface area contributed by atoms with Crippen LogP contribution in [0.3, 0.4) is 0 Å². The highest BCUT2D eigenvalue weighted by Crippen LogP contribution is 2.28. The lowest BCUT2D eigenvalue weighted by Gasteiger charge is -2.13. The van der Waals surface area contributed by atoms with Crippen LogP contribution in [-0.2, 0) is 11.3 Å². The minimum atomic E-state index is 0.531. The van der Waals surface area contributed by atoms with Gasteiger partial charge in [0.15, 0.2) is 11.5 Å². The van der Waals surface area contributed by atoms with Crippen LogP contribution in [0.5, 0.6) is 11.5 Å². The van der Waals surface area contributed by atoms with E-state index in [1.165, 1.54) is 5.56 Å². The average Bonchev–Trinajstić information content (AvgIpc) is 2.39. The fourth-order valence-corrected chi connectivity index (χ4v) is 1.55. The molecule has 102 valence electrons. The van der Waals surface area contributed by atoms with E-state index in [9.17, 15) is 0 Å². The number of methoxy groups -OCH3 is 1. The summed E-state index contributed by atoms with van der Waals surface area (Å²) in [7, 11) is 1.66. The van der Waals surface area contributed by atoms with Gasteiger partial charge in [0, 0.05) is 13.7 Å². The molecule has 0 bridgehead atoms. The number of hydrogen-bond donors (Lipinski definition) is 1. The Kier molecular flexibility index (Phi) is 7.22. The molecule has 1 aromatic carbocycles. The van der Waals surface area contributed by atoms with E-state index >= 15 is 0 Å². The van der Waals surface area contributed by atoms with E-state index in [2.05, 4.69) is 12.2 Å². The number of rotatable bonds is 9. The Morgan fingerprint density at radius 1 is 1.06 bits per heavy atom. The molecular formula is C14H23NO3. The molecule has 0 saturated heterocycles. The van der Waals surface area contributed by atoms with E-state index in [0.717, 1.165) is 24.6 Å². The third kappa shape index (κ3) is 4.94. The minimum absolute atomic E-state index is 0.531. The predicted octanol–water partition coefficient (Wildman–Crippen LogP) is 2.22. The van der Waals surface area contributed by atoms with Gasteiger partial charge in [-0.15, -0.1) is 0 Å². The lowest BCUT2D eigenvalue weighted by atomic mass is 10.2. The van der Waals surface area contributed by atoms with Crippen molar-refractivity contribution in [2.75, 3.05) is 33.5 Å². The van der Waals surface area contributed by atoms with E-state index in [4.69, 9.17) is 14.2 Å². The predicted molar refractivity (Wildman–Crippen MR) is 72.4 cm³/mol. The second kappa shape index (κ2) is 8.78. The third-order valence-corrected chi connectivity index (χ3v) is 2.43. The van der Waals surface area contributed by atoms with Gasteiger partial charge in [0.25, 0.3) is 0 Å². The topological polar surface area (TPSA) is 39.7 Å². The normalized spacial score (nSPS) is 10.4. The van der Waals surface area contributed by atoms with E-state index in [0.29, 0.717) is 19.8 Å². The monoisotopic (exact) mass is 253 g/mol. The first-order valence-electron chi connectivity index (χ1n) is 6.40. The summed E-state index contributed by atoms with van der Waals surface area (Å²) >= 11 is 0. The van der Waals surface area contributed by atoms with Gasteiger partial charge in [0.1, 0.15) is 6.61 Å². The zero-order valence-corrected chi connectivity index (χ0v) is 11.5. The second-order valence-electron chi connectivity index (χ2n) is 3.84. The molecular weight excluding hydrogens is 230 g/mol. The van der Waals surface area contributed by atoms with Gasteiger partial charge in [-0.05, 0) is 31.2 Å². The first kappa shape index (κ1) is 14.8. The van der Waals surface area contributed by atoms with Gasteiger partial charge >= 0.3 is 0 Å². The molecule has 18 heavy (non-hydrogen) atoms. The molecule has 0 aliphatic heterocycles. The van der Waals surface area contributed by atoms with Crippen molar-refractivity contribution in [1.29, 1.82) is 0 Å². The van der Waals surface area contributed by atoms with Crippen LogP contribution < -0.4 is 14.8 Å². The summed E-state index contributed by atoms with van der Waals surface area (Å²) in [5.74, 6) is 1.57. The highest BCUT2D eigenvalue weighted by Gasteiger charge is 2.06. The van der Waals surface area contributed by atoms with Gasteiger partial charge in [-0.2, -0.15) is 0 Å². The van der Waals surface area contributed by atoms with Crippen molar-refractivity contribution >= 4 is 0 Å². The highest BCUT2D eigenvalue weighted by atomic mass is 16.5. The maximum absolute atomic E-state index is 5.62. The summed E-state index contributed by atoms with van der Waals surface area (Å²) < 4.78 is 16.2. The molecule has 0 fully saturated rings. The maximum Gasteiger partial charge on any atom is 0.161 e. The standard InChI is InChI=1S/C14H23NO3/c1-4-15-11-12-6-7-13(18-9-8-16-3)14(10-12)17-5-2/h6-7,10,15H,4-5,8-9,11H2,1-3H3. The zero-order valence-electron chi connectivity index (χ0n) is 11.5. The van der Waals surface area contributed by atoms with Gasteiger partial charge < -0.3 is 19.5 Å². The molecule has 0 aliphatic carbocycles. The Bertz CT molecular complexity index is 342. The quantitative estimate of drug-likeness (QED) is 0.685. The van der Waals surface area contributed by atoms with Crippen molar-refractivity contribution in [3.05, 3.63) is 23.8 Å². The molecule has 0 radical (unpaired) electrons. The maximum atomic E-state index is 5.62.